The van der Waals surface area contributed by atoms with Crippen molar-refractivity contribution >= 4 is 60.5 Å². The van der Waals surface area contributed by atoms with E-state index in [-0.39, 0.29) is 0 Å². The largest absolute Gasteiger partial charge is 0.453 e. The van der Waals surface area contributed by atoms with Crippen LogP contribution in [0.3, 0.4) is 0 Å². The van der Waals surface area contributed by atoms with Gasteiger partial charge in [0.2, 0.25) is 0 Å². The monoisotopic (exact) mass is 739 g/mol. The normalized spacial score (nSPS) is 11.4. The first-order chi connectivity index (χ1) is 28.8. The Morgan fingerprint density at radius 1 is 0.293 bits per heavy atom. The van der Waals surface area contributed by atoms with E-state index in [4.69, 9.17) is 4.42 Å². The molecule has 2 heteroatoms. The lowest BCUT2D eigenvalue weighted by molar-refractivity contribution is 0.670. The summed E-state index contributed by atoms with van der Waals surface area (Å²) in [6, 6.07) is 80.4. The summed E-state index contributed by atoms with van der Waals surface area (Å²) in [5.41, 5.74) is 14.0. The van der Waals surface area contributed by atoms with E-state index < -0.39 is 0 Å². The molecule has 0 spiro atoms. The van der Waals surface area contributed by atoms with Gasteiger partial charge in [-0.3, -0.25) is 0 Å². The van der Waals surface area contributed by atoms with Crippen molar-refractivity contribution < 1.29 is 4.42 Å². The van der Waals surface area contributed by atoms with Crippen molar-refractivity contribution in [2.75, 3.05) is 4.90 Å². The van der Waals surface area contributed by atoms with E-state index in [1.807, 2.05) is 0 Å². The fourth-order valence-corrected chi connectivity index (χ4v) is 8.71. The van der Waals surface area contributed by atoms with Gasteiger partial charge in [0.15, 0.2) is 5.58 Å². The lowest BCUT2D eigenvalue weighted by Crippen LogP contribution is -2.10. The minimum atomic E-state index is 0.844. The molecule has 0 saturated heterocycles. The maximum atomic E-state index is 7.19. The van der Waals surface area contributed by atoms with Gasteiger partial charge in [-0.05, 0) is 96.9 Å². The Bertz CT molecular complexity index is 3240. The maximum absolute atomic E-state index is 7.19. The number of hydrogen-bond acceptors (Lipinski definition) is 2. The van der Waals surface area contributed by atoms with Gasteiger partial charge in [-0.15, -0.1) is 0 Å². The molecule has 0 aliphatic carbocycles. The van der Waals surface area contributed by atoms with Crippen LogP contribution in [0, 0.1) is 0 Å². The SMILES string of the molecule is c1ccc(-c2ccc(N(c3ccc(-c4cc5ccccc5c5ccccc45)cc3)c3ccc(-c4ccccc4)c4c3oc3c(-c5ccccc5)cccc34)cc2)cc1. The Balaban J connectivity index is 1.14. The van der Waals surface area contributed by atoms with Crippen LogP contribution in [0.5, 0.6) is 0 Å². The molecule has 2 nitrogen and oxygen atoms in total. The highest BCUT2D eigenvalue weighted by atomic mass is 16.3. The molecule has 0 saturated carbocycles. The molecule has 0 aliphatic rings. The summed E-state index contributed by atoms with van der Waals surface area (Å²) in [7, 11) is 0. The van der Waals surface area contributed by atoms with Crippen molar-refractivity contribution in [3.8, 4) is 44.5 Å². The number of nitrogens with zero attached hydrogens (tertiary/aromatic N) is 1. The van der Waals surface area contributed by atoms with Gasteiger partial charge in [-0.1, -0.05) is 188 Å². The molecule has 0 aliphatic heterocycles. The van der Waals surface area contributed by atoms with Crippen LogP contribution in [0.4, 0.5) is 17.1 Å². The molecule has 272 valence electrons. The van der Waals surface area contributed by atoms with Gasteiger partial charge in [0, 0.05) is 27.7 Å². The molecular weight excluding hydrogens is 703 g/mol. The van der Waals surface area contributed by atoms with E-state index >= 15 is 0 Å². The van der Waals surface area contributed by atoms with Crippen molar-refractivity contribution in [1.29, 1.82) is 0 Å². The van der Waals surface area contributed by atoms with Gasteiger partial charge >= 0.3 is 0 Å². The van der Waals surface area contributed by atoms with Crippen LogP contribution in [-0.4, -0.2) is 0 Å². The second-order valence-corrected chi connectivity index (χ2v) is 14.8. The Labute approximate surface area is 337 Å². The summed E-state index contributed by atoms with van der Waals surface area (Å²) in [6.07, 6.45) is 0. The Morgan fingerprint density at radius 2 is 0.793 bits per heavy atom. The van der Waals surface area contributed by atoms with Crippen molar-refractivity contribution in [1.82, 2.24) is 0 Å². The predicted octanol–water partition coefficient (Wildman–Crippen LogP) is 16.0. The minimum absolute atomic E-state index is 0.844. The minimum Gasteiger partial charge on any atom is -0.453 e. The first kappa shape index (κ1) is 33.6. The zero-order chi connectivity index (χ0) is 38.4. The number of hydrogen-bond donors (Lipinski definition) is 0. The van der Waals surface area contributed by atoms with Gasteiger partial charge in [-0.2, -0.15) is 0 Å². The summed E-state index contributed by atoms with van der Waals surface area (Å²) >= 11 is 0. The quantitative estimate of drug-likeness (QED) is 0.151. The fourth-order valence-electron chi connectivity index (χ4n) is 8.71. The smallest absolute Gasteiger partial charge is 0.160 e. The molecule has 10 aromatic carbocycles. The van der Waals surface area contributed by atoms with Crippen molar-refractivity contribution in [3.63, 3.8) is 0 Å². The molecule has 0 fully saturated rings. The highest BCUT2D eigenvalue weighted by Crippen LogP contribution is 2.48. The summed E-state index contributed by atoms with van der Waals surface area (Å²) in [6.45, 7) is 0. The lowest BCUT2D eigenvalue weighted by Gasteiger charge is -2.26. The molecule has 11 rings (SSSR count). The molecule has 1 heterocycles. The lowest BCUT2D eigenvalue weighted by atomic mass is 9.93. The fraction of sp³-hybridized carbons (Fsp3) is 0. The summed E-state index contributed by atoms with van der Waals surface area (Å²) in [5, 5.41) is 7.21. The second kappa shape index (κ2) is 14.1. The third-order valence-electron chi connectivity index (χ3n) is 11.5. The number of para-hydroxylation sites is 1. The van der Waals surface area contributed by atoms with Crippen LogP contribution < -0.4 is 4.90 Å². The zero-order valence-corrected chi connectivity index (χ0v) is 31.7. The Morgan fingerprint density at radius 3 is 1.47 bits per heavy atom. The van der Waals surface area contributed by atoms with E-state index in [0.29, 0.717) is 0 Å². The van der Waals surface area contributed by atoms with E-state index in [1.165, 1.54) is 43.8 Å². The number of benzene rings is 10. The third kappa shape index (κ3) is 5.74. The first-order valence-electron chi connectivity index (χ1n) is 19.8. The second-order valence-electron chi connectivity index (χ2n) is 14.8. The number of anilines is 3. The zero-order valence-electron chi connectivity index (χ0n) is 31.7. The Hall–Kier alpha value is -7.68. The van der Waals surface area contributed by atoms with Crippen LogP contribution in [0.2, 0.25) is 0 Å². The summed E-state index contributed by atoms with van der Waals surface area (Å²) in [5.74, 6) is 0. The van der Waals surface area contributed by atoms with Crippen LogP contribution in [-0.2, 0) is 0 Å². The van der Waals surface area contributed by atoms with Gasteiger partial charge in [0.05, 0.1) is 5.69 Å². The topological polar surface area (TPSA) is 16.4 Å². The summed E-state index contributed by atoms with van der Waals surface area (Å²) < 4.78 is 7.19. The van der Waals surface area contributed by atoms with Gasteiger partial charge in [-0.25, -0.2) is 0 Å². The molecule has 1 aromatic heterocycles. The molecule has 0 N–H and O–H groups in total. The van der Waals surface area contributed by atoms with Crippen LogP contribution >= 0.6 is 0 Å². The maximum Gasteiger partial charge on any atom is 0.160 e. The molecule has 0 amide bonds. The first-order valence-corrected chi connectivity index (χ1v) is 19.8. The van der Waals surface area contributed by atoms with Gasteiger partial charge in [0.25, 0.3) is 0 Å². The van der Waals surface area contributed by atoms with E-state index in [9.17, 15) is 0 Å². The van der Waals surface area contributed by atoms with E-state index in [1.54, 1.807) is 0 Å². The molecule has 0 atom stereocenters. The van der Waals surface area contributed by atoms with Crippen LogP contribution in [0.25, 0.3) is 88.0 Å². The summed E-state index contributed by atoms with van der Waals surface area (Å²) in [4.78, 5) is 2.35. The molecule has 0 bridgehead atoms. The molecule has 11 aromatic rings. The molecule has 0 radical (unpaired) electrons. The molecular formula is C56H37NO. The van der Waals surface area contributed by atoms with Crippen molar-refractivity contribution in [2.24, 2.45) is 0 Å². The van der Waals surface area contributed by atoms with Crippen molar-refractivity contribution in [2.45, 2.75) is 0 Å². The number of rotatable bonds is 7. The standard InChI is InChI=1S/C56H37NO/c1-4-15-38(16-5-1)39-27-31-44(32-28-39)57(45-33-29-42(30-34-45)52-37-43-21-10-11-22-46(43)49-23-12-13-24-50(49)52)53-36-35-47(40-17-6-2-7-18-40)54-51-26-14-25-48(55(51)58-56(53)54)41-19-8-3-9-20-41/h1-37H. The third-order valence-corrected chi connectivity index (χ3v) is 11.5. The van der Waals surface area contributed by atoms with Gasteiger partial charge < -0.3 is 9.32 Å². The van der Waals surface area contributed by atoms with E-state index in [0.717, 1.165) is 61.3 Å². The predicted molar refractivity (Wildman–Crippen MR) is 245 cm³/mol. The molecule has 58 heavy (non-hydrogen) atoms. The average Bonchev–Trinajstić information content (AvgIpc) is 3.71. The van der Waals surface area contributed by atoms with Gasteiger partial charge in [0.1, 0.15) is 5.58 Å². The number of fused-ring (bicyclic) bond motifs is 6. The highest BCUT2D eigenvalue weighted by molar-refractivity contribution is 6.19. The van der Waals surface area contributed by atoms with Crippen molar-refractivity contribution in [3.05, 3.63) is 224 Å². The average molecular weight is 740 g/mol. The van der Waals surface area contributed by atoms with Crippen LogP contribution in [0.1, 0.15) is 0 Å². The van der Waals surface area contributed by atoms with E-state index in [2.05, 4.69) is 229 Å². The number of furan rings is 1. The van der Waals surface area contributed by atoms with Crippen LogP contribution in [0.15, 0.2) is 229 Å². The Kier molecular flexibility index (Phi) is 8.19. The highest BCUT2D eigenvalue weighted by Gasteiger charge is 2.24. The molecule has 0 unspecified atom stereocenters.